The summed E-state index contributed by atoms with van der Waals surface area (Å²) >= 11 is 0. The molecule has 2 atom stereocenters. The Labute approximate surface area is 153 Å². The fraction of sp³-hybridized carbons (Fsp3) is 0.550. The van der Waals surface area contributed by atoms with E-state index in [0.717, 1.165) is 5.56 Å². The predicted molar refractivity (Wildman–Crippen MR) is 96.6 cm³/mol. The summed E-state index contributed by atoms with van der Waals surface area (Å²) in [4.78, 5) is 38.1. The summed E-state index contributed by atoms with van der Waals surface area (Å²) in [5.41, 5.74) is 1.14. The highest BCUT2D eigenvalue weighted by molar-refractivity contribution is 5.96. The lowest BCUT2D eigenvalue weighted by Gasteiger charge is -2.33. The molecule has 1 saturated heterocycles. The number of benzene rings is 1. The molecular weight excluding hydrogens is 332 g/mol. The number of aryl methyl sites for hydroxylation is 1. The van der Waals surface area contributed by atoms with Gasteiger partial charge < -0.3 is 15.3 Å². The molecule has 1 saturated carbocycles. The lowest BCUT2D eigenvalue weighted by Crippen LogP contribution is -2.47. The second-order valence-corrected chi connectivity index (χ2v) is 8.00. The second kappa shape index (κ2) is 6.74. The van der Waals surface area contributed by atoms with Crippen molar-refractivity contribution in [1.29, 1.82) is 0 Å². The highest BCUT2D eigenvalue weighted by Crippen LogP contribution is 2.59. The maximum absolute atomic E-state index is 12.7. The molecule has 2 fully saturated rings. The van der Waals surface area contributed by atoms with Crippen LogP contribution in [0.5, 0.6) is 0 Å². The number of piperidine rings is 1. The molecule has 1 aromatic rings. The van der Waals surface area contributed by atoms with Crippen LogP contribution in [-0.4, -0.2) is 46.9 Å². The lowest BCUT2D eigenvalue weighted by atomic mass is 10.0. The first-order valence-corrected chi connectivity index (χ1v) is 9.11. The number of nitrogens with one attached hydrogen (secondary N) is 1. The number of rotatable bonds is 4. The van der Waals surface area contributed by atoms with Crippen molar-refractivity contribution in [2.24, 2.45) is 17.3 Å². The van der Waals surface area contributed by atoms with Crippen LogP contribution in [0.4, 0.5) is 0 Å². The SMILES string of the molecule is Cc1ccccc1C(=O)NC1CCN(C(=O)[C@@H]2[C@H](C(=O)O)C2(C)C)CC1. The summed E-state index contributed by atoms with van der Waals surface area (Å²) in [6.07, 6.45) is 1.38. The molecule has 0 aromatic heterocycles. The van der Waals surface area contributed by atoms with Crippen molar-refractivity contribution in [2.75, 3.05) is 13.1 Å². The average molecular weight is 358 g/mol. The number of likely N-dealkylation sites (tertiary alicyclic amines) is 1. The first-order valence-electron chi connectivity index (χ1n) is 9.11. The monoisotopic (exact) mass is 358 g/mol. The Kier molecular flexibility index (Phi) is 4.78. The van der Waals surface area contributed by atoms with Crippen LogP contribution in [-0.2, 0) is 9.59 Å². The number of hydrogen-bond donors (Lipinski definition) is 2. The molecule has 6 nitrogen and oxygen atoms in total. The largest absolute Gasteiger partial charge is 0.481 e. The van der Waals surface area contributed by atoms with Crippen molar-refractivity contribution in [2.45, 2.75) is 39.7 Å². The third-order valence-corrected chi connectivity index (χ3v) is 5.89. The van der Waals surface area contributed by atoms with Crippen LogP contribution in [0.2, 0.25) is 0 Å². The van der Waals surface area contributed by atoms with E-state index in [2.05, 4.69) is 5.32 Å². The third-order valence-electron chi connectivity index (χ3n) is 5.89. The molecule has 1 aromatic carbocycles. The van der Waals surface area contributed by atoms with E-state index < -0.39 is 23.2 Å². The quantitative estimate of drug-likeness (QED) is 0.863. The molecule has 1 aliphatic carbocycles. The minimum absolute atomic E-state index is 0.0358. The van der Waals surface area contributed by atoms with Crippen molar-refractivity contribution in [1.82, 2.24) is 10.2 Å². The first-order chi connectivity index (χ1) is 12.2. The van der Waals surface area contributed by atoms with Crippen molar-refractivity contribution >= 4 is 17.8 Å². The molecule has 2 amide bonds. The molecule has 0 spiro atoms. The Morgan fingerprint density at radius 1 is 1.12 bits per heavy atom. The fourth-order valence-electron chi connectivity index (χ4n) is 4.09. The van der Waals surface area contributed by atoms with Gasteiger partial charge in [0.15, 0.2) is 0 Å². The third kappa shape index (κ3) is 3.32. The van der Waals surface area contributed by atoms with E-state index in [4.69, 9.17) is 0 Å². The topological polar surface area (TPSA) is 86.7 Å². The molecule has 2 aliphatic rings. The van der Waals surface area contributed by atoms with Crippen LogP contribution in [0.1, 0.15) is 42.6 Å². The van der Waals surface area contributed by atoms with Crippen molar-refractivity contribution in [3.63, 3.8) is 0 Å². The van der Waals surface area contributed by atoms with Gasteiger partial charge in [0.05, 0.1) is 11.8 Å². The van der Waals surface area contributed by atoms with Gasteiger partial charge in [0.2, 0.25) is 5.91 Å². The van der Waals surface area contributed by atoms with E-state index in [1.807, 2.05) is 45.0 Å². The maximum atomic E-state index is 12.7. The molecular formula is C20H26N2O4. The van der Waals surface area contributed by atoms with Gasteiger partial charge in [-0.05, 0) is 36.8 Å². The summed E-state index contributed by atoms with van der Waals surface area (Å²) in [5, 5.41) is 12.3. The smallest absolute Gasteiger partial charge is 0.307 e. The number of hydrogen-bond acceptors (Lipinski definition) is 3. The van der Waals surface area contributed by atoms with Crippen LogP contribution in [0, 0.1) is 24.2 Å². The maximum Gasteiger partial charge on any atom is 0.307 e. The van der Waals surface area contributed by atoms with E-state index in [-0.39, 0.29) is 17.9 Å². The summed E-state index contributed by atoms with van der Waals surface area (Å²) in [6.45, 7) is 6.69. The van der Waals surface area contributed by atoms with Crippen LogP contribution in [0.25, 0.3) is 0 Å². The lowest BCUT2D eigenvalue weighted by molar-refractivity contribution is -0.142. The normalized spacial score (nSPS) is 24.8. The molecule has 1 heterocycles. The fourth-order valence-corrected chi connectivity index (χ4v) is 4.09. The molecule has 0 radical (unpaired) electrons. The van der Waals surface area contributed by atoms with Gasteiger partial charge in [0.25, 0.3) is 5.91 Å². The summed E-state index contributed by atoms with van der Waals surface area (Å²) < 4.78 is 0. The van der Waals surface area contributed by atoms with Crippen LogP contribution < -0.4 is 5.32 Å². The van der Waals surface area contributed by atoms with Gasteiger partial charge >= 0.3 is 5.97 Å². The Balaban J connectivity index is 1.53. The zero-order chi connectivity index (χ0) is 19.1. The van der Waals surface area contributed by atoms with E-state index >= 15 is 0 Å². The second-order valence-electron chi connectivity index (χ2n) is 8.00. The van der Waals surface area contributed by atoms with Gasteiger partial charge in [-0.2, -0.15) is 0 Å². The minimum Gasteiger partial charge on any atom is -0.481 e. The molecule has 0 bridgehead atoms. The van der Waals surface area contributed by atoms with Gasteiger partial charge in [0.1, 0.15) is 0 Å². The van der Waals surface area contributed by atoms with Crippen LogP contribution >= 0.6 is 0 Å². The molecule has 2 N–H and O–H groups in total. The Morgan fingerprint density at radius 2 is 1.73 bits per heavy atom. The van der Waals surface area contributed by atoms with E-state index in [9.17, 15) is 19.5 Å². The van der Waals surface area contributed by atoms with Crippen molar-refractivity contribution in [3.05, 3.63) is 35.4 Å². The summed E-state index contributed by atoms with van der Waals surface area (Å²) in [7, 11) is 0. The first kappa shape index (κ1) is 18.4. The number of carbonyl (C=O) groups excluding carboxylic acids is 2. The number of nitrogens with zero attached hydrogens (tertiary/aromatic N) is 1. The minimum atomic E-state index is -0.895. The van der Waals surface area contributed by atoms with Gasteiger partial charge in [-0.1, -0.05) is 32.0 Å². The molecule has 1 aliphatic heterocycles. The van der Waals surface area contributed by atoms with Gasteiger partial charge in [0, 0.05) is 24.7 Å². The zero-order valence-electron chi connectivity index (χ0n) is 15.5. The Bertz CT molecular complexity index is 735. The molecule has 0 unspecified atom stereocenters. The van der Waals surface area contributed by atoms with Gasteiger partial charge in [-0.3, -0.25) is 14.4 Å². The zero-order valence-corrected chi connectivity index (χ0v) is 15.5. The number of carboxylic acid groups (broad SMARTS) is 1. The Hall–Kier alpha value is -2.37. The van der Waals surface area contributed by atoms with Crippen molar-refractivity contribution < 1.29 is 19.5 Å². The Morgan fingerprint density at radius 3 is 2.27 bits per heavy atom. The number of carbonyl (C=O) groups is 3. The summed E-state index contributed by atoms with van der Waals surface area (Å²) in [6, 6.07) is 7.50. The number of aliphatic carboxylic acids is 1. The van der Waals surface area contributed by atoms with E-state index in [0.29, 0.717) is 31.5 Å². The molecule has 6 heteroatoms. The van der Waals surface area contributed by atoms with E-state index in [1.54, 1.807) is 4.90 Å². The van der Waals surface area contributed by atoms with Gasteiger partial charge in [-0.15, -0.1) is 0 Å². The molecule has 3 rings (SSSR count). The number of carboxylic acids is 1. The molecule has 140 valence electrons. The van der Waals surface area contributed by atoms with E-state index in [1.165, 1.54) is 0 Å². The van der Waals surface area contributed by atoms with Crippen LogP contribution in [0.3, 0.4) is 0 Å². The number of amides is 2. The average Bonchev–Trinajstić information content (AvgIpc) is 3.18. The van der Waals surface area contributed by atoms with Crippen molar-refractivity contribution in [3.8, 4) is 0 Å². The summed E-state index contributed by atoms with van der Waals surface area (Å²) in [5.74, 6) is -2.06. The predicted octanol–water partition coefficient (Wildman–Crippen LogP) is 2.07. The molecule has 26 heavy (non-hydrogen) atoms. The van der Waals surface area contributed by atoms with Crippen LogP contribution in [0.15, 0.2) is 24.3 Å². The van der Waals surface area contributed by atoms with Gasteiger partial charge in [-0.25, -0.2) is 0 Å². The highest BCUT2D eigenvalue weighted by Gasteiger charge is 2.66. The highest BCUT2D eigenvalue weighted by atomic mass is 16.4. The standard InChI is InChI=1S/C20H26N2O4/c1-12-6-4-5-7-14(12)17(23)21-13-8-10-22(11-9-13)18(24)15-16(19(25)26)20(15,2)3/h4-7,13,15-16H,8-11H2,1-3H3,(H,21,23)(H,25,26)/t15-,16+/m0/s1.